The molecule has 0 heterocycles. The fourth-order valence-electron chi connectivity index (χ4n) is 2.00. The molecule has 0 bridgehead atoms. The van der Waals surface area contributed by atoms with Crippen LogP contribution in [0.1, 0.15) is 44.5 Å². The molecule has 0 aliphatic carbocycles. The molecule has 0 amide bonds. The lowest BCUT2D eigenvalue weighted by atomic mass is 10.2. The molecule has 0 aromatic heterocycles. The van der Waals surface area contributed by atoms with Crippen molar-refractivity contribution in [1.29, 1.82) is 0 Å². The smallest absolute Gasteiger partial charge is 0.337 e. The second-order valence-electron chi connectivity index (χ2n) is 6.46. The van der Waals surface area contributed by atoms with Crippen LogP contribution in [-0.2, 0) is 14.8 Å². The van der Waals surface area contributed by atoms with Gasteiger partial charge in [0.2, 0.25) is 10.0 Å². The minimum atomic E-state index is -3.73. The number of carboxylic acids is 1. The van der Waals surface area contributed by atoms with Crippen molar-refractivity contribution in [3.63, 3.8) is 0 Å². The third-order valence-electron chi connectivity index (χ3n) is 3.30. The van der Waals surface area contributed by atoms with Crippen molar-refractivity contribution in [3.05, 3.63) is 23.8 Å². The van der Waals surface area contributed by atoms with Gasteiger partial charge in [0, 0.05) is 25.4 Å². The molecular weight excluding hydrogens is 344 g/mol. The predicted molar refractivity (Wildman–Crippen MR) is 97.6 cm³/mol. The summed E-state index contributed by atoms with van der Waals surface area (Å²) in [5.41, 5.74) is 0.317. The van der Waals surface area contributed by atoms with Crippen LogP contribution < -0.4 is 10.0 Å². The average molecular weight is 372 g/mol. The van der Waals surface area contributed by atoms with Gasteiger partial charge in [0.15, 0.2) is 0 Å². The molecule has 0 atom stereocenters. The molecule has 0 aliphatic heterocycles. The van der Waals surface area contributed by atoms with Gasteiger partial charge < -0.3 is 15.2 Å². The molecule has 142 valence electrons. The monoisotopic (exact) mass is 372 g/mol. The van der Waals surface area contributed by atoms with E-state index in [9.17, 15) is 18.3 Å². The molecular formula is C17H28N2O5S. The Kier molecular flexibility index (Phi) is 8.34. The van der Waals surface area contributed by atoms with Gasteiger partial charge >= 0.3 is 5.97 Å². The predicted octanol–water partition coefficient (Wildman–Crippen LogP) is 2.55. The van der Waals surface area contributed by atoms with E-state index in [0.29, 0.717) is 31.8 Å². The molecule has 0 aliphatic rings. The number of sulfonamides is 1. The van der Waals surface area contributed by atoms with Crippen LogP contribution in [0.3, 0.4) is 0 Å². The number of hydrogen-bond donors (Lipinski definition) is 3. The summed E-state index contributed by atoms with van der Waals surface area (Å²) in [6.45, 7) is 9.07. The van der Waals surface area contributed by atoms with Crippen molar-refractivity contribution in [1.82, 2.24) is 4.72 Å². The summed E-state index contributed by atoms with van der Waals surface area (Å²) in [6, 6.07) is 4.07. The standard InChI is InChI=1S/C17H28N2O5S/c1-12(2)11-19-25(22,23)14-6-7-16(15(10-14)17(20)21)18-8-5-9-24-13(3)4/h6-7,10,12-13,18-19H,5,8-9,11H2,1-4H3,(H,20,21). The molecule has 3 N–H and O–H groups in total. The highest BCUT2D eigenvalue weighted by atomic mass is 32.2. The van der Waals surface area contributed by atoms with Crippen molar-refractivity contribution in [2.24, 2.45) is 5.92 Å². The zero-order valence-corrected chi connectivity index (χ0v) is 16.0. The number of aromatic carboxylic acids is 1. The Balaban J connectivity index is 2.84. The third kappa shape index (κ3) is 7.41. The van der Waals surface area contributed by atoms with Gasteiger partial charge in [-0.2, -0.15) is 0 Å². The van der Waals surface area contributed by atoms with Crippen LogP contribution in [-0.4, -0.2) is 45.3 Å². The molecule has 1 rings (SSSR count). The number of rotatable bonds is 11. The van der Waals surface area contributed by atoms with Gasteiger partial charge in [-0.15, -0.1) is 0 Å². The van der Waals surface area contributed by atoms with E-state index in [-0.39, 0.29) is 22.5 Å². The van der Waals surface area contributed by atoms with Crippen LogP contribution in [0, 0.1) is 5.92 Å². The fourth-order valence-corrected chi connectivity index (χ4v) is 3.24. The van der Waals surface area contributed by atoms with E-state index in [1.807, 2.05) is 27.7 Å². The second-order valence-corrected chi connectivity index (χ2v) is 8.23. The summed E-state index contributed by atoms with van der Waals surface area (Å²) in [5.74, 6) is -1.02. The molecule has 25 heavy (non-hydrogen) atoms. The summed E-state index contributed by atoms with van der Waals surface area (Å²) >= 11 is 0. The molecule has 0 spiro atoms. The highest BCUT2D eigenvalue weighted by Gasteiger charge is 2.19. The molecule has 0 radical (unpaired) electrons. The van der Waals surface area contributed by atoms with E-state index in [0.717, 1.165) is 0 Å². The van der Waals surface area contributed by atoms with Crippen molar-refractivity contribution in [2.45, 2.75) is 45.1 Å². The lowest BCUT2D eigenvalue weighted by Crippen LogP contribution is -2.27. The molecule has 0 saturated heterocycles. The maximum absolute atomic E-state index is 12.2. The van der Waals surface area contributed by atoms with E-state index in [1.54, 1.807) is 0 Å². The van der Waals surface area contributed by atoms with Gasteiger partial charge in [-0.25, -0.2) is 17.9 Å². The largest absolute Gasteiger partial charge is 0.478 e. The molecule has 0 fully saturated rings. The van der Waals surface area contributed by atoms with Crippen LogP contribution in [0.15, 0.2) is 23.1 Å². The summed E-state index contributed by atoms with van der Waals surface area (Å²) in [5, 5.41) is 12.4. The van der Waals surface area contributed by atoms with E-state index >= 15 is 0 Å². The zero-order valence-electron chi connectivity index (χ0n) is 15.2. The molecule has 8 heteroatoms. The first kappa shape index (κ1) is 21.4. The van der Waals surface area contributed by atoms with Gasteiger partial charge in [0.05, 0.1) is 16.6 Å². The molecule has 0 saturated carbocycles. The highest BCUT2D eigenvalue weighted by molar-refractivity contribution is 7.89. The number of carbonyl (C=O) groups is 1. The van der Waals surface area contributed by atoms with E-state index < -0.39 is 16.0 Å². The lowest BCUT2D eigenvalue weighted by molar-refractivity contribution is 0.0697. The fraction of sp³-hybridized carbons (Fsp3) is 0.588. The van der Waals surface area contributed by atoms with Crippen LogP contribution in [0.2, 0.25) is 0 Å². The zero-order chi connectivity index (χ0) is 19.0. The first-order chi connectivity index (χ1) is 11.6. The van der Waals surface area contributed by atoms with Crippen LogP contribution in [0.25, 0.3) is 0 Å². The van der Waals surface area contributed by atoms with Gasteiger partial charge in [0.25, 0.3) is 0 Å². The Bertz CT molecular complexity index is 672. The Labute approximate surface area is 149 Å². The highest BCUT2D eigenvalue weighted by Crippen LogP contribution is 2.21. The summed E-state index contributed by atoms with van der Waals surface area (Å²) in [4.78, 5) is 11.4. The van der Waals surface area contributed by atoms with Crippen molar-refractivity contribution >= 4 is 21.7 Å². The first-order valence-electron chi connectivity index (χ1n) is 8.36. The van der Waals surface area contributed by atoms with Crippen LogP contribution in [0.4, 0.5) is 5.69 Å². The molecule has 0 unspecified atom stereocenters. The topological polar surface area (TPSA) is 105 Å². The average Bonchev–Trinajstić information content (AvgIpc) is 2.52. The Morgan fingerprint density at radius 3 is 2.48 bits per heavy atom. The maximum atomic E-state index is 12.2. The number of nitrogens with one attached hydrogen (secondary N) is 2. The van der Waals surface area contributed by atoms with E-state index in [1.165, 1.54) is 18.2 Å². The molecule has 1 aromatic rings. The van der Waals surface area contributed by atoms with Gasteiger partial charge in [-0.3, -0.25) is 0 Å². The number of carboxylic acid groups (broad SMARTS) is 1. The van der Waals surface area contributed by atoms with Crippen molar-refractivity contribution < 1.29 is 23.1 Å². The summed E-state index contributed by atoms with van der Waals surface area (Å²) < 4.78 is 32.4. The van der Waals surface area contributed by atoms with Gasteiger partial charge in [0.1, 0.15) is 0 Å². The number of hydrogen-bond acceptors (Lipinski definition) is 5. The van der Waals surface area contributed by atoms with Crippen LogP contribution in [0.5, 0.6) is 0 Å². The number of ether oxygens (including phenoxy) is 1. The van der Waals surface area contributed by atoms with E-state index in [2.05, 4.69) is 10.0 Å². The van der Waals surface area contributed by atoms with Crippen molar-refractivity contribution in [2.75, 3.05) is 25.0 Å². The third-order valence-corrected chi connectivity index (χ3v) is 4.72. The Morgan fingerprint density at radius 2 is 1.92 bits per heavy atom. The number of benzene rings is 1. The maximum Gasteiger partial charge on any atom is 0.337 e. The Hall–Kier alpha value is -1.64. The first-order valence-corrected chi connectivity index (χ1v) is 9.84. The molecule has 1 aromatic carbocycles. The van der Waals surface area contributed by atoms with Crippen LogP contribution >= 0.6 is 0 Å². The summed E-state index contributed by atoms with van der Waals surface area (Å²) in [7, 11) is -3.73. The lowest BCUT2D eigenvalue weighted by Gasteiger charge is -2.13. The molecule has 7 nitrogen and oxygen atoms in total. The quantitative estimate of drug-likeness (QED) is 0.516. The van der Waals surface area contributed by atoms with Gasteiger partial charge in [-0.05, 0) is 44.4 Å². The van der Waals surface area contributed by atoms with E-state index in [4.69, 9.17) is 4.74 Å². The normalized spacial score (nSPS) is 11.9. The Morgan fingerprint density at radius 1 is 1.24 bits per heavy atom. The SMILES string of the molecule is CC(C)CNS(=O)(=O)c1ccc(NCCCOC(C)C)c(C(=O)O)c1. The second kappa shape index (κ2) is 9.74. The minimum Gasteiger partial charge on any atom is -0.478 e. The number of anilines is 1. The van der Waals surface area contributed by atoms with Gasteiger partial charge in [-0.1, -0.05) is 13.8 Å². The minimum absolute atomic E-state index is 0.0563. The van der Waals surface area contributed by atoms with Crippen molar-refractivity contribution in [3.8, 4) is 0 Å². The summed E-state index contributed by atoms with van der Waals surface area (Å²) in [6.07, 6.45) is 0.866.